The standard InChI is InChI=1S/C19H22F3N3O4S/c1-11(9-27-2)23-17(26)10-30-18-24-13(8-16(25-18)19(20,21)22)12-5-6-14(28-3)15(7-12)29-4/h5-8,11H,9-10H2,1-4H3,(H,23,26). The molecule has 11 heteroatoms. The van der Waals surface area contributed by atoms with Gasteiger partial charge in [-0.15, -0.1) is 0 Å². The predicted octanol–water partition coefficient (Wildman–Crippen LogP) is 3.42. The molecule has 0 spiro atoms. The molecule has 0 aliphatic rings. The summed E-state index contributed by atoms with van der Waals surface area (Å²) in [4.78, 5) is 19.7. The fraction of sp³-hybridized carbons (Fsp3) is 0.421. The molecule has 0 saturated carbocycles. The number of aromatic nitrogens is 2. The first-order valence-corrected chi connectivity index (χ1v) is 9.76. The lowest BCUT2D eigenvalue weighted by molar-refractivity contribution is -0.141. The summed E-state index contributed by atoms with van der Waals surface area (Å²) in [7, 11) is 4.38. The largest absolute Gasteiger partial charge is 0.493 e. The Kier molecular flexibility index (Phi) is 8.30. The van der Waals surface area contributed by atoms with Gasteiger partial charge < -0.3 is 19.5 Å². The van der Waals surface area contributed by atoms with Crippen LogP contribution in [0.15, 0.2) is 29.4 Å². The lowest BCUT2D eigenvalue weighted by atomic mass is 10.1. The Bertz CT molecular complexity index is 881. The molecule has 1 unspecified atom stereocenters. The van der Waals surface area contributed by atoms with Gasteiger partial charge in [-0.25, -0.2) is 9.97 Å². The number of alkyl halides is 3. The molecular formula is C19H22F3N3O4S. The third kappa shape index (κ3) is 6.49. The van der Waals surface area contributed by atoms with Crippen molar-refractivity contribution in [3.05, 3.63) is 30.0 Å². The number of amides is 1. The van der Waals surface area contributed by atoms with Crippen molar-refractivity contribution in [2.24, 2.45) is 0 Å². The topological polar surface area (TPSA) is 82.6 Å². The summed E-state index contributed by atoms with van der Waals surface area (Å²) in [6.07, 6.45) is -4.67. The maximum Gasteiger partial charge on any atom is 0.433 e. The Balaban J connectivity index is 2.31. The minimum absolute atomic E-state index is 0.0499. The minimum Gasteiger partial charge on any atom is -0.493 e. The summed E-state index contributed by atoms with van der Waals surface area (Å²) < 4.78 is 55.3. The van der Waals surface area contributed by atoms with Gasteiger partial charge in [0.05, 0.1) is 32.3 Å². The second-order valence-electron chi connectivity index (χ2n) is 6.20. The van der Waals surface area contributed by atoms with Gasteiger partial charge in [-0.05, 0) is 31.2 Å². The van der Waals surface area contributed by atoms with E-state index in [1.54, 1.807) is 19.1 Å². The summed E-state index contributed by atoms with van der Waals surface area (Å²) in [6, 6.07) is 5.28. The van der Waals surface area contributed by atoms with E-state index in [0.29, 0.717) is 23.7 Å². The van der Waals surface area contributed by atoms with Gasteiger partial charge in [-0.1, -0.05) is 11.8 Å². The van der Waals surface area contributed by atoms with Gasteiger partial charge in [-0.3, -0.25) is 4.79 Å². The van der Waals surface area contributed by atoms with Crippen LogP contribution < -0.4 is 14.8 Å². The Labute approximate surface area is 176 Å². The molecule has 0 bridgehead atoms. The molecule has 7 nitrogen and oxygen atoms in total. The fourth-order valence-corrected chi connectivity index (χ4v) is 3.19. The third-order valence-electron chi connectivity index (χ3n) is 3.83. The second-order valence-corrected chi connectivity index (χ2v) is 7.14. The minimum atomic E-state index is -4.67. The number of ether oxygens (including phenoxy) is 3. The van der Waals surface area contributed by atoms with E-state index in [1.807, 2.05) is 0 Å². The summed E-state index contributed by atoms with van der Waals surface area (Å²) in [5.74, 6) is 0.282. The average Bonchev–Trinajstić information content (AvgIpc) is 2.71. The van der Waals surface area contributed by atoms with E-state index in [1.165, 1.54) is 27.4 Å². The molecule has 0 radical (unpaired) electrons. The zero-order valence-corrected chi connectivity index (χ0v) is 17.7. The molecule has 1 amide bonds. The van der Waals surface area contributed by atoms with Gasteiger partial charge in [0.25, 0.3) is 0 Å². The Hall–Kier alpha value is -2.53. The molecule has 2 aromatic rings. The Morgan fingerprint density at radius 1 is 1.13 bits per heavy atom. The van der Waals surface area contributed by atoms with Gasteiger partial charge >= 0.3 is 6.18 Å². The lowest BCUT2D eigenvalue weighted by Gasteiger charge is -2.13. The van der Waals surface area contributed by atoms with Gasteiger partial charge in [0.2, 0.25) is 5.91 Å². The number of nitrogens with one attached hydrogen (secondary N) is 1. The second kappa shape index (κ2) is 10.5. The smallest absolute Gasteiger partial charge is 0.433 e. The van der Waals surface area contributed by atoms with Crippen molar-refractivity contribution in [1.29, 1.82) is 0 Å². The van der Waals surface area contributed by atoms with Crippen LogP contribution in [0.5, 0.6) is 11.5 Å². The van der Waals surface area contributed by atoms with Gasteiger partial charge in [0.15, 0.2) is 16.7 Å². The number of hydrogen-bond donors (Lipinski definition) is 1. The molecule has 0 saturated heterocycles. The van der Waals surface area contributed by atoms with E-state index in [0.717, 1.165) is 17.8 Å². The van der Waals surface area contributed by atoms with Crippen molar-refractivity contribution in [1.82, 2.24) is 15.3 Å². The van der Waals surface area contributed by atoms with Crippen LogP contribution in [0.2, 0.25) is 0 Å². The monoisotopic (exact) mass is 445 g/mol. The van der Waals surface area contributed by atoms with Crippen molar-refractivity contribution in [2.75, 3.05) is 33.7 Å². The molecule has 1 heterocycles. The van der Waals surface area contributed by atoms with E-state index in [4.69, 9.17) is 14.2 Å². The molecule has 1 atom stereocenters. The van der Waals surface area contributed by atoms with Crippen molar-refractivity contribution in [3.8, 4) is 22.8 Å². The first-order valence-electron chi connectivity index (χ1n) is 8.77. The highest BCUT2D eigenvalue weighted by molar-refractivity contribution is 7.99. The third-order valence-corrected chi connectivity index (χ3v) is 4.68. The number of carbonyl (C=O) groups excluding carboxylic acids is 1. The van der Waals surface area contributed by atoms with E-state index < -0.39 is 11.9 Å². The summed E-state index contributed by atoms with van der Waals surface area (Å²) in [5, 5.41) is 2.51. The van der Waals surface area contributed by atoms with Crippen molar-refractivity contribution in [3.63, 3.8) is 0 Å². The summed E-state index contributed by atoms with van der Waals surface area (Å²) >= 11 is 0.814. The molecule has 0 aliphatic carbocycles. The molecular weight excluding hydrogens is 423 g/mol. The number of thioether (sulfide) groups is 1. The zero-order chi connectivity index (χ0) is 22.3. The number of rotatable bonds is 9. The highest BCUT2D eigenvalue weighted by atomic mass is 32.2. The maximum atomic E-state index is 13.3. The molecule has 30 heavy (non-hydrogen) atoms. The molecule has 164 valence electrons. The van der Waals surface area contributed by atoms with E-state index in [-0.39, 0.29) is 28.6 Å². The Morgan fingerprint density at radius 3 is 2.43 bits per heavy atom. The van der Waals surface area contributed by atoms with Gasteiger partial charge in [0, 0.05) is 18.7 Å². The number of benzene rings is 1. The average molecular weight is 445 g/mol. The fourth-order valence-electron chi connectivity index (χ4n) is 2.52. The van der Waals surface area contributed by atoms with Crippen molar-refractivity contribution < 1.29 is 32.2 Å². The molecule has 0 fully saturated rings. The molecule has 2 rings (SSSR count). The number of methoxy groups -OCH3 is 3. The summed E-state index contributed by atoms with van der Waals surface area (Å²) in [5.41, 5.74) is -0.660. The van der Waals surface area contributed by atoms with Crippen LogP contribution in [0.4, 0.5) is 13.2 Å². The maximum absolute atomic E-state index is 13.3. The SMILES string of the molecule is COCC(C)NC(=O)CSc1nc(-c2ccc(OC)c(OC)c2)cc(C(F)(F)F)n1. The first kappa shape index (κ1) is 23.7. The number of halogens is 3. The zero-order valence-electron chi connectivity index (χ0n) is 16.9. The Morgan fingerprint density at radius 2 is 1.83 bits per heavy atom. The molecule has 1 aromatic heterocycles. The van der Waals surface area contributed by atoms with E-state index >= 15 is 0 Å². The highest BCUT2D eigenvalue weighted by Gasteiger charge is 2.34. The molecule has 1 N–H and O–H groups in total. The normalized spacial score (nSPS) is 12.4. The number of nitrogens with zero attached hydrogens (tertiary/aromatic N) is 2. The molecule has 1 aromatic carbocycles. The summed E-state index contributed by atoms with van der Waals surface area (Å²) in [6.45, 7) is 2.07. The van der Waals surface area contributed by atoms with Crippen LogP contribution in [0.3, 0.4) is 0 Å². The number of carbonyl (C=O) groups is 1. The number of hydrogen-bond acceptors (Lipinski definition) is 7. The van der Waals surface area contributed by atoms with Crippen LogP contribution in [-0.2, 0) is 15.7 Å². The van der Waals surface area contributed by atoms with Crippen molar-refractivity contribution in [2.45, 2.75) is 24.3 Å². The molecule has 0 aliphatic heterocycles. The quantitative estimate of drug-likeness (QED) is 0.468. The first-order chi connectivity index (χ1) is 14.2. The highest BCUT2D eigenvalue weighted by Crippen LogP contribution is 2.35. The van der Waals surface area contributed by atoms with E-state index in [9.17, 15) is 18.0 Å². The van der Waals surface area contributed by atoms with Crippen molar-refractivity contribution >= 4 is 17.7 Å². The van der Waals surface area contributed by atoms with Gasteiger partial charge in [-0.2, -0.15) is 13.2 Å². The van der Waals surface area contributed by atoms with Crippen LogP contribution in [0.25, 0.3) is 11.3 Å². The van der Waals surface area contributed by atoms with Crippen LogP contribution in [-0.4, -0.2) is 55.6 Å². The van der Waals surface area contributed by atoms with E-state index in [2.05, 4.69) is 15.3 Å². The van der Waals surface area contributed by atoms with Crippen LogP contribution >= 0.6 is 11.8 Å². The van der Waals surface area contributed by atoms with Gasteiger partial charge in [0.1, 0.15) is 5.69 Å². The predicted molar refractivity (Wildman–Crippen MR) is 106 cm³/mol. The lowest BCUT2D eigenvalue weighted by Crippen LogP contribution is -2.36. The van der Waals surface area contributed by atoms with Crippen LogP contribution in [0, 0.1) is 0 Å². The van der Waals surface area contributed by atoms with Crippen LogP contribution in [0.1, 0.15) is 12.6 Å².